The van der Waals surface area contributed by atoms with E-state index in [0.717, 1.165) is 17.3 Å². The van der Waals surface area contributed by atoms with Crippen LogP contribution in [0.15, 0.2) is 40.1 Å². The van der Waals surface area contributed by atoms with Crippen LogP contribution in [0.1, 0.15) is 5.56 Å². The fourth-order valence-corrected chi connectivity index (χ4v) is 3.01. The lowest BCUT2D eigenvalue weighted by atomic mass is 10.2. The summed E-state index contributed by atoms with van der Waals surface area (Å²) in [5.74, 6) is 7.18. The molecule has 3 N–H and O–H groups in total. The van der Waals surface area contributed by atoms with Crippen LogP contribution in [0.5, 0.6) is 5.75 Å². The first-order chi connectivity index (χ1) is 12.5. The molecule has 0 spiro atoms. The Morgan fingerprint density at radius 1 is 1.46 bits per heavy atom. The fourth-order valence-electron chi connectivity index (χ4n) is 2.20. The Kier molecular flexibility index (Phi) is 5.38. The van der Waals surface area contributed by atoms with Crippen LogP contribution >= 0.6 is 23.4 Å². The van der Waals surface area contributed by atoms with Gasteiger partial charge in [-0.15, -0.1) is 10.2 Å². The van der Waals surface area contributed by atoms with Crippen molar-refractivity contribution in [3.63, 3.8) is 0 Å². The Morgan fingerprint density at radius 3 is 2.96 bits per heavy atom. The topological polar surface area (TPSA) is 108 Å². The molecule has 0 bridgehead atoms. The van der Waals surface area contributed by atoms with Crippen LogP contribution in [0.3, 0.4) is 0 Å². The molecule has 0 saturated heterocycles. The minimum absolute atomic E-state index is 0.0956. The molecule has 2 aromatic heterocycles. The molecular formula is C16H16ClN5O3S. The van der Waals surface area contributed by atoms with E-state index in [-0.39, 0.29) is 11.7 Å². The van der Waals surface area contributed by atoms with Crippen LogP contribution in [0, 0.1) is 6.92 Å². The van der Waals surface area contributed by atoms with E-state index in [1.165, 1.54) is 18.0 Å². The lowest BCUT2D eigenvalue weighted by molar-refractivity contribution is -0.113. The second-order valence-electron chi connectivity index (χ2n) is 5.29. The average Bonchev–Trinajstić information content (AvgIpc) is 3.26. The van der Waals surface area contributed by atoms with Crippen molar-refractivity contribution in [3.8, 4) is 17.3 Å². The Bertz CT molecular complexity index is 926. The van der Waals surface area contributed by atoms with Crippen LogP contribution in [0.25, 0.3) is 11.6 Å². The van der Waals surface area contributed by atoms with Gasteiger partial charge >= 0.3 is 0 Å². The summed E-state index contributed by atoms with van der Waals surface area (Å²) in [7, 11) is 1.51. The van der Waals surface area contributed by atoms with Crippen molar-refractivity contribution in [2.75, 3.05) is 24.0 Å². The lowest BCUT2D eigenvalue weighted by Crippen LogP contribution is -2.17. The summed E-state index contributed by atoms with van der Waals surface area (Å²) in [5.41, 5.74) is 1.38. The maximum Gasteiger partial charge on any atom is 0.234 e. The molecule has 0 fully saturated rings. The van der Waals surface area contributed by atoms with Crippen LogP contribution in [-0.4, -0.2) is 33.6 Å². The van der Waals surface area contributed by atoms with Gasteiger partial charge in [0.15, 0.2) is 5.76 Å². The van der Waals surface area contributed by atoms with Gasteiger partial charge in [0.1, 0.15) is 5.75 Å². The lowest BCUT2D eigenvalue weighted by Gasteiger charge is -2.12. The number of nitrogen functional groups attached to an aromatic ring is 1. The van der Waals surface area contributed by atoms with E-state index < -0.39 is 0 Å². The predicted molar refractivity (Wildman–Crippen MR) is 100.0 cm³/mol. The number of carbonyl (C=O) groups excluding carboxylic acids is 1. The second-order valence-corrected chi connectivity index (χ2v) is 6.64. The third-order valence-electron chi connectivity index (χ3n) is 3.49. The van der Waals surface area contributed by atoms with Gasteiger partial charge in [0.25, 0.3) is 0 Å². The Morgan fingerprint density at radius 2 is 2.27 bits per heavy atom. The van der Waals surface area contributed by atoms with Crippen molar-refractivity contribution < 1.29 is 13.9 Å². The number of amides is 1. The molecule has 26 heavy (non-hydrogen) atoms. The maximum absolute atomic E-state index is 12.3. The number of thioether (sulfide) groups is 1. The highest BCUT2D eigenvalue weighted by atomic mass is 35.5. The molecule has 0 aliphatic carbocycles. The summed E-state index contributed by atoms with van der Waals surface area (Å²) in [6, 6.07) is 6.87. The Hall–Kier alpha value is -2.65. The number of benzene rings is 1. The number of methoxy groups -OCH3 is 1. The molecule has 0 unspecified atom stereocenters. The van der Waals surface area contributed by atoms with Crippen molar-refractivity contribution in [2.24, 2.45) is 0 Å². The van der Waals surface area contributed by atoms with Crippen molar-refractivity contribution in [3.05, 3.63) is 41.1 Å². The number of hydrogen-bond acceptors (Lipinski definition) is 7. The quantitative estimate of drug-likeness (QED) is 0.489. The van der Waals surface area contributed by atoms with Crippen LogP contribution in [0.2, 0.25) is 5.02 Å². The van der Waals surface area contributed by atoms with E-state index in [0.29, 0.717) is 33.2 Å². The van der Waals surface area contributed by atoms with E-state index in [9.17, 15) is 4.79 Å². The molecule has 0 aliphatic heterocycles. The standard InChI is InChI=1S/C16H16ClN5O3S/c1-9-6-11(13(24-2)7-10(9)17)19-14(23)8-26-16-21-20-15(22(16)18)12-4-3-5-25-12/h3-7H,8,18H2,1-2H3,(H,19,23). The number of anilines is 1. The minimum atomic E-state index is -0.238. The molecule has 1 aromatic carbocycles. The number of furan rings is 1. The van der Waals surface area contributed by atoms with Crippen molar-refractivity contribution >= 4 is 35.0 Å². The van der Waals surface area contributed by atoms with Gasteiger partial charge in [-0.1, -0.05) is 23.4 Å². The summed E-state index contributed by atoms with van der Waals surface area (Å²) in [4.78, 5) is 12.3. The molecular weight excluding hydrogens is 378 g/mol. The molecule has 1 amide bonds. The predicted octanol–water partition coefficient (Wildman–Crippen LogP) is 2.95. The van der Waals surface area contributed by atoms with Gasteiger partial charge in [-0.25, -0.2) is 4.68 Å². The number of nitrogens with one attached hydrogen (secondary N) is 1. The first-order valence-corrected chi connectivity index (χ1v) is 8.87. The Labute approximate surface area is 158 Å². The number of nitrogens with zero attached hydrogens (tertiary/aromatic N) is 3. The zero-order valence-electron chi connectivity index (χ0n) is 14.0. The van der Waals surface area contributed by atoms with Gasteiger partial charge in [0.2, 0.25) is 16.9 Å². The zero-order valence-corrected chi connectivity index (χ0v) is 15.6. The van der Waals surface area contributed by atoms with Crippen molar-refractivity contribution in [2.45, 2.75) is 12.1 Å². The SMILES string of the molecule is COc1cc(Cl)c(C)cc1NC(=O)CSc1nnc(-c2ccco2)n1N. The molecule has 8 nitrogen and oxygen atoms in total. The molecule has 0 radical (unpaired) electrons. The molecule has 3 rings (SSSR count). The smallest absolute Gasteiger partial charge is 0.234 e. The summed E-state index contributed by atoms with van der Waals surface area (Å²) >= 11 is 7.23. The normalized spacial score (nSPS) is 10.7. The third kappa shape index (κ3) is 3.78. The van der Waals surface area contributed by atoms with Crippen molar-refractivity contribution in [1.82, 2.24) is 14.9 Å². The van der Waals surface area contributed by atoms with E-state index >= 15 is 0 Å². The first-order valence-electron chi connectivity index (χ1n) is 7.50. The molecule has 3 aromatic rings. The molecule has 0 atom stereocenters. The van der Waals surface area contributed by atoms with E-state index in [1.54, 1.807) is 24.3 Å². The summed E-state index contributed by atoms with van der Waals surface area (Å²) in [5, 5.41) is 11.7. The van der Waals surface area contributed by atoms with E-state index in [2.05, 4.69) is 15.5 Å². The van der Waals surface area contributed by atoms with Crippen LogP contribution in [0.4, 0.5) is 5.69 Å². The molecule has 0 aliphatic rings. The van der Waals surface area contributed by atoms with E-state index in [4.69, 9.17) is 26.6 Å². The molecule has 2 heterocycles. The number of rotatable bonds is 6. The summed E-state index contributed by atoms with van der Waals surface area (Å²) in [6.07, 6.45) is 1.52. The molecule has 0 saturated carbocycles. The van der Waals surface area contributed by atoms with Gasteiger partial charge in [0.05, 0.1) is 24.8 Å². The van der Waals surface area contributed by atoms with Gasteiger partial charge < -0.3 is 20.3 Å². The number of carbonyl (C=O) groups is 1. The number of hydrogen-bond donors (Lipinski definition) is 2. The van der Waals surface area contributed by atoms with Crippen molar-refractivity contribution in [1.29, 1.82) is 0 Å². The Balaban J connectivity index is 1.66. The van der Waals surface area contributed by atoms with Crippen LogP contribution < -0.4 is 15.9 Å². The second kappa shape index (κ2) is 7.71. The number of aromatic nitrogens is 3. The number of nitrogens with two attached hydrogens (primary N) is 1. The molecule has 136 valence electrons. The highest BCUT2D eigenvalue weighted by molar-refractivity contribution is 7.99. The van der Waals surface area contributed by atoms with Gasteiger partial charge in [0, 0.05) is 11.1 Å². The van der Waals surface area contributed by atoms with Gasteiger partial charge in [-0.2, -0.15) is 0 Å². The number of aryl methyl sites for hydroxylation is 1. The number of halogens is 1. The third-order valence-corrected chi connectivity index (χ3v) is 4.84. The van der Waals surface area contributed by atoms with Gasteiger partial charge in [-0.3, -0.25) is 4.79 Å². The maximum atomic E-state index is 12.3. The average molecular weight is 394 g/mol. The molecule has 10 heteroatoms. The van der Waals surface area contributed by atoms with Crippen LogP contribution in [-0.2, 0) is 4.79 Å². The highest BCUT2D eigenvalue weighted by Crippen LogP contribution is 2.31. The van der Waals surface area contributed by atoms with E-state index in [1.807, 2.05) is 6.92 Å². The van der Waals surface area contributed by atoms with Gasteiger partial charge in [-0.05, 0) is 30.7 Å². The monoisotopic (exact) mass is 393 g/mol. The number of ether oxygens (including phenoxy) is 1. The fraction of sp³-hybridized carbons (Fsp3) is 0.188. The first kappa shape index (κ1) is 18.2. The zero-order chi connectivity index (χ0) is 18.7. The largest absolute Gasteiger partial charge is 0.495 e. The summed E-state index contributed by atoms with van der Waals surface area (Å²) < 4.78 is 11.8. The minimum Gasteiger partial charge on any atom is -0.495 e. The highest BCUT2D eigenvalue weighted by Gasteiger charge is 2.16. The summed E-state index contributed by atoms with van der Waals surface area (Å²) in [6.45, 7) is 1.85.